The van der Waals surface area contributed by atoms with Crippen molar-refractivity contribution in [3.05, 3.63) is 461 Å². The highest BCUT2D eigenvalue weighted by molar-refractivity contribution is 6.22. The van der Waals surface area contributed by atoms with Gasteiger partial charge in [0.2, 0.25) is 0 Å². The van der Waals surface area contributed by atoms with Gasteiger partial charge in [-0.15, -0.1) is 0 Å². The number of nitrogens with zero attached hydrogens (tertiary/aromatic N) is 4. The van der Waals surface area contributed by atoms with Crippen LogP contribution in [0.2, 0.25) is 0 Å². The van der Waals surface area contributed by atoms with Gasteiger partial charge in [-0.1, -0.05) is 322 Å². The van der Waals surface area contributed by atoms with Crippen LogP contribution in [0.5, 0.6) is 0 Å². The predicted molar refractivity (Wildman–Crippen MR) is 530 cm³/mol. The summed E-state index contributed by atoms with van der Waals surface area (Å²) in [5.41, 5.74) is 32.4. The molecule has 6 nitrogen and oxygen atoms in total. The van der Waals surface area contributed by atoms with E-state index in [1.54, 1.807) is 0 Å². The fourth-order valence-electron chi connectivity index (χ4n) is 20.1. The average Bonchev–Trinajstić information content (AvgIpc) is 1.57. The van der Waals surface area contributed by atoms with E-state index in [9.17, 15) is 0 Å². The molecule has 0 saturated heterocycles. The van der Waals surface area contributed by atoms with Gasteiger partial charge in [0.1, 0.15) is 22.3 Å². The zero-order valence-electron chi connectivity index (χ0n) is 68.5. The van der Waals surface area contributed by atoms with Gasteiger partial charge in [-0.25, -0.2) is 0 Å². The summed E-state index contributed by atoms with van der Waals surface area (Å²) in [6.45, 7) is 0. The molecule has 4 aromatic heterocycles. The summed E-state index contributed by atoms with van der Waals surface area (Å²) in [5, 5.41) is 16.1. The summed E-state index contributed by atoms with van der Waals surface area (Å²) in [6, 6.07) is 168. The van der Waals surface area contributed by atoms with Crippen molar-refractivity contribution in [1.29, 1.82) is 0 Å². The van der Waals surface area contributed by atoms with Gasteiger partial charge >= 0.3 is 0 Å². The SMILES string of the molecule is c1ccc(-c2ccccc2N(c2ccc(-c3ccccc3-n3c4ccccc4c4cc(-c5ccc6ccc7c(oc8cccc(-c9cccc(N(c%10ccc(-c%11ccccc%11-n%11c%12ccccc%12c%12ccccc%12%11)cc%10)c%10ccc(-c%11cccc%12ccccc%11%12)cc%10)c9)c87)c6c5)ccc43)cc2)c2cccc(-c3cccc4oc5c6ccccc6ccc5c34)c2)cc1. The van der Waals surface area contributed by atoms with Crippen LogP contribution >= 0.6 is 0 Å². The first kappa shape index (κ1) is 72.1. The molecule has 0 saturated carbocycles. The number of hydrogen-bond donors (Lipinski definition) is 0. The molecule has 0 unspecified atom stereocenters. The summed E-state index contributed by atoms with van der Waals surface area (Å²) in [7, 11) is 0. The Kier molecular flexibility index (Phi) is 16.9. The molecule has 6 heteroatoms. The van der Waals surface area contributed by atoms with Crippen molar-refractivity contribution in [2.24, 2.45) is 0 Å². The lowest BCUT2D eigenvalue weighted by Gasteiger charge is -2.28. The number of hydrogen-bond acceptors (Lipinski definition) is 4. The Morgan fingerprint density at radius 3 is 1.11 bits per heavy atom. The van der Waals surface area contributed by atoms with E-state index in [2.05, 4.69) is 480 Å². The minimum absolute atomic E-state index is 0.838. The smallest absolute Gasteiger partial charge is 0.143 e. The summed E-state index contributed by atoms with van der Waals surface area (Å²) < 4.78 is 18.8. The molecule has 0 radical (unpaired) electrons. The van der Waals surface area contributed by atoms with E-state index in [4.69, 9.17) is 8.83 Å². The third-order valence-corrected chi connectivity index (χ3v) is 25.9. The Hall–Kier alpha value is -16.8. The first-order valence-corrected chi connectivity index (χ1v) is 43.2. The molecule has 4 heterocycles. The van der Waals surface area contributed by atoms with E-state index in [1.807, 2.05) is 0 Å². The Labute approximate surface area is 727 Å². The molecule has 0 aliphatic heterocycles. The fourth-order valence-corrected chi connectivity index (χ4v) is 20.1. The predicted octanol–water partition coefficient (Wildman–Crippen LogP) is 33.7. The maximum atomic E-state index is 7.17. The first-order chi connectivity index (χ1) is 62.5. The summed E-state index contributed by atoms with van der Waals surface area (Å²) in [4.78, 5) is 4.81. The Morgan fingerprint density at radius 1 is 0.175 bits per heavy atom. The molecule has 0 bridgehead atoms. The molecule has 588 valence electrons. The van der Waals surface area contributed by atoms with Gasteiger partial charge in [0.05, 0.1) is 39.1 Å². The molecule has 25 aromatic rings. The van der Waals surface area contributed by atoms with Gasteiger partial charge < -0.3 is 27.8 Å². The van der Waals surface area contributed by atoms with Gasteiger partial charge in [-0.05, 0) is 222 Å². The normalized spacial score (nSPS) is 11.8. The van der Waals surface area contributed by atoms with Crippen LogP contribution in [0.15, 0.2) is 470 Å². The van der Waals surface area contributed by atoms with E-state index < -0.39 is 0 Å². The van der Waals surface area contributed by atoms with E-state index in [0.717, 1.165) is 194 Å². The first-order valence-electron chi connectivity index (χ1n) is 43.2. The lowest BCUT2D eigenvalue weighted by molar-refractivity contribution is 0.672. The van der Waals surface area contributed by atoms with Crippen LogP contribution in [0.1, 0.15) is 0 Å². The Bertz CT molecular complexity index is 8610. The summed E-state index contributed by atoms with van der Waals surface area (Å²) in [5.74, 6) is 0. The highest BCUT2D eigenvalue weighted by atomic mass is 16.3. The number of fused-ring (bicyclic) bond motifs is 17. The zero-order valence-corrected chi connectivity index (χ0v) is 68.5. The second-order valence-electron chi connectivity index (χ2n) is 32.9. The molecule has 0 atom stereocenters. The number of furan rings is 2. The lowest BCUT2D eigenvalue weighted by Crippen LogP contribution is -2.11. The molecule has 21 aromatic carbocycles. The molecule has 0 aliphatic carbocycles. The van der Waals surface area contributed by atoms with Crippen LogP contribution in [-0.2, 0) is 0 Å². The quantitative estimate of drug-likeness (QED) is 0.103. The highest BCUT2D eigenvalue weighted by Crippen LogP contribution is 2.50. The van der Waals surface area contributed by atoms with Gasteiger partial charge in [0.25, 0.3) is 0 Å². The number of anilines is 6. The van der Waals surface area contributed by atoms with Crippen LogP contribution in [-0.4, -0.2) is 9.13 Å². The van der Waals surface area contributed by atoms with Crippen molar-refractivity contribution in [1.82, 2.24) is 9.13 Å². The number of rotatable bonds is 15. The van der Waals surface area contributed by atoms with Gasteiger partial charge in [0, 0.05) is 99.0 Å². The van der Waals surface area contributed by atoms with E-state index in [-0.39, 0.29) is 0 Å². The standard InChI is InChI=1S/C120H76N4O2/c1-2-25-78(26-3-1)95-35-8-14-45-108(95)122(92-33-21-31-87(74-92)99-44-23-51-115-117(99)104-70-61-79-28-5-7-38-100(79)119(104)125-115)90-68-59-82(60-69-90)97-37-10-16-47-110(97)124-113-50-19-13-41-103(113)107-76-85(63-72-114(107)124)84-54-53-83-62-71-105-118-98(43-24-52-116(118)126-120(105)106(83)75-84)86-30-20-32-91(73-86)121(88-64-55-80(56-65-88)94-42-22-29-77-27-4-6-34-93(77)94)89-66-57-81(58-67-89)96-36-9-15-46-109(96)123-111-48-17-11-39-101(111)102-40-12-18-49-112(102)123/h1-76H. The summed E-state index contributed by atoms with van der Waals surface area (Å²) in [6.07, 6.45) is 0. The van der Waals surface area contributed by atoms with Crippen LogP contribution in [0.3, 0.4) is 0 Å². The highest BCUT2D eigenvalue weighted by Gasteiger charge is 2.26. The van der Waals surface area contributed by atoms with Crippen LogP contribution in [0.25, 0.3) is 209 Å². The molecule has 0 aliphatic rings. The topological polar surface area (TPSA) is 42.6 Å². The molecular weight excluding hydrogens is 1530 g/mol. The van der Waals surface area contributed by atoms with Gasteiger partial charge in [-0.3, -0.25) is 0 Å². The molecular formula is C120H76N4O2. The molecule has 0 N–H and O–H groups in total. The van der Waals surface area contributed by atoms with Crippen LogP contribution in [0, 0.1) is 0 Å². The van der Waals surface area contributed by atoms with E-state index in [1.165, 1.54) is 48.9 Å². The molecule has 25 rings (SSSR count). The largest absolute Gasteiger partial charge is 0.455 e. The second-order valence-corrected chi connectivity index (χ2v) is 32.9. The number of aromatic nitrogens is 2. The van der Waals surface area contributed by atoms with E-state index in [0.29, 0.717) is 0 Å². The lowest BCUT2D eigenvalue weighted by atomic mass is 9.96. The van der Waals surface area contributed by atoms with Gasteiger partial charge in [0.15, 0.2) is 0 Å². The minimum Gasteiger partial charge on any atom is -0.455 e. The molecule has 0 fully saturated rings. The maximum absolute atomic E-state index is 7.17. The molecule has 126 heavy (non-hydrogen) atoms. The van der Waals surface area contributed by atoms with Crippen LogP contribution < -0.4 is 9.80 Å². The van der Waals surface area contributed by atoms with Crippen molar-refractivity contribution < 1.29 is 8.83 Å². The molecule has 0 spiro atoms. The zero-order chi connectivity index (χ0) is 82.9. The van der Waals surface area contributed by atoms with Crippen LogP contribution in [0.4, 0.5) is 34.1 Å². The number of benzene rings is 21. The van der Waals surface area contributed by atoms with Crippen molar-refractivity contribution in [3.63, 3.8) is 0 Å². The fraction of sp³-hybridized carbons (Fsp3) is 0. The third kappa shape index (κ3) is 11.9. The van der Waals surface area contributed by atoms with Crippen molar-refractivity contribution in [3.8, 4) is 89.3 Å². The number of para-hydroxylation sites is 6. The van der Waals surface area contributed by atoms with Crippen molar-refractivity contribution in [2.45, 2.75) is 0 Å². The Morgan fingerprint density at radius 2 is 0.532 bits per heavy atom. The van der Waals surface area contributed by atoms with Gasteiger partial charge in [-0.2, -0.15) is 0 Å². The van der Waals surface area contributed by atoms with Crippen molar-refractivity contribution in [2.75, 3.05) is 9.80 Å². The third-order valence-electron chi connectivity index (χ3n) is 25.9. The average molecular weight is 1610 g/mol. The summed E-state index contributed by atoms with van der Waals surface area (Å²) >= 11 is 0. The van der Waals surface area contributed by atoms with E-state index >= 15 is 0 Å². The van der Waals surface area contributed by atoms with Crippen molar-refractivity contribution >= 4 is 154 Å². The minimum atomic E-state index is 0.838. The molecule has 0 amide bonds. The maximum Gasteiger partial charge on any atom is 0.143 e. The monoisotopic (exact) mass is 1600 g/mol. The Balaban J connectivity index is 0.558. The second kappa shape index (κ2) is 29.5.